The van der Waals surface area contributed by atoms with Gasteiger partial charge in [-0.25, -0.2) is 8.78 Å². The maximum atomic E-state index is 14.0. The summed E-state index contributed by atoms with van der Waals surface area (Å²) in [4.78, 5) is 25.0. The molecule has 2 unspecified atom stereocenters. The number of nitrogens with zero attached hydrogens (tertiary/aromatic N) is 1. The van der Waals surface area contributed by atoms with E-state index in [1.165, 1.54) is 24.3 Å². The van der Waals surface area contributed by atoms with Crippen LogP contribution < -0.4 is 5.32 Å². The number of anilines is 1. The molecule has 1 aromatic heterocycles. The second-order valence-corrected chi connectivity index (χ2v) is 10.6. The summed E-state index contributed by atoms with van der Waals surface area (Å²) in [5.74, 6) is -2.62. The zero-order chi connectivity index (χ0) is 30.4. The number of rotatable bonds is 12. The van der Waals surface area contributed by atoms with Crippen molar-refractivity contribution in [3.63, 3.8) is 0 Å². The van der Waals surface area contributed by atoms with Crippen LogP contribution in [0.3, 0.4) is 0 Å². The Morgan fingerprint density at radius 3 is 1.95 bits per heavy atom. The number of carboxylic acids is 1. The fourth-order valence-electron chi connectivity index (χ4n) is 5.21. The van der Waals surface area contributed by atoms with Crippen molar-refractivity contribution in [2.75, 3.05) is 5.32 Å². The number of benzene rings is 3. The van der Waals surface area contributed by atoms with E-state index in [0.29, 0.717) is 39.3 Å². The quantitative estimate of drug-likeness (QED) is 0.139. The van der Waals surface area contributed by atoms with Crippen molar-refractivity contribution in [3.05, 3.63) is 102 Å². The molecular weight excluding hydrogens is 582 g/mol. The number of aromatic nitrogens is 1. The molecule has 4 aromatic rings. The number of aliphatic hydroxyl groups excluding tert-OH is 2. The third-order valence-electron chi connectivity index (χ3n) is 7.00. The summed E-state index contributed by atoms with van der Waals surface area (Å²) < 4.78 is 29.9. The number of hydrogen-bond acceptors (Lipinski definition) is 4. The van der Waals surface area contributed by atoms with E-state index in [4.69, 9.17) is 5.11 Å². The Labute approximate surface area is 282 Å². The molecule has 0 saturated heterocycles. The summed E-state index contributed by atoms with van der Waals surface area (Å²) in [5.41, 5.74) is 3.89. The summed E-state index contributed by atoms with van der Waals surface area (Å²) >= 11 is 0. The van der Waals surface area contributed by atoms with Crippen LogP contribution in [0.4, 0.5) is 14.5 Å². The van der Waals surface area contributed by atoms with E-state index in [-0.39, 0.29) is 71.8 Å². The third-order valence-corrected chi connectivity index (χ3v) is 7.00. The molecule has 0 aliphatic rings. The Kier molecular flexibility index (Phi) is 12.5. The van der Waals surface area contributed by atoms with E-state index in [9.17, 15) is 28.6 Å². The Balaban J connectivity index is 0.00000337. The summed E-state index contributed by atoms with van der Waals surface area (Å²) in [6.07, 6.45) is -2.73. The predicted octanol–water partition coefficient (Wildman–Crippen LogP) is 6.30. The van der Waals surface area contributed by atoms with E-state index in [1.54, 1.807) is 48.5 Å². The minimum absolute atomic E-state index is 0. The number of aliphatic hydroxyl groups is 2. The third kappa shape index (κ3) is 8.74. The molecule has 3 aromatic carbocycles. The summed E-state index contributed by atoms with van der Waals surface area (Å²) in [6.45, 7) is 4.07. The van der Waals surface area contributed by atoms with Gasteiger partial charge in [0.25, 0.3) is 5.91 Å². The summed E-state index contributed by atoms with van der Waals surface area (Å²) in [7, 11) is 0. The first-order chi connectivity index (χ1) is 20.0. The molecule has 7 nitrogen and oxygen atoms in total. The normalized spacial score (nSPS) is 12.4. The molecule has 10 heteroatoms. The Morgan fingerprint density at radius 2 is 1.42 bits per heavy atom. The van der Waals surface area contributed by atoms with E-state index in [0.717, 1.165) is 0 Å². The minimum Gasteiger partial charge on any atom is -1.00 e. The number of hydrogen-bond donors (Lipinski definition) is 4. The molecule has 0 radical (unpaired) electrons. The topological polar surface area (TPSA) is 112 Å². The van der Waals surface area contributed by atoms with Gasteiger partial charge in [-0.1, -0.05) is 44.2 Å². The molecule has 0 aliphatic heterocycles. The summed E-state index contributed by atoms with van der Waals surface area (Å²) in [5, 5.41) is 32.7. The van der Waals surface area contributed by atoms with Crippen LogP contribution in [0.5, 0.6) is 0 Å². The number of carbonyl (C=O) groups excluding carboxylic acids is 1. The van der Waals surface area contributed by atoms with Crippen molar-refractivity contribution >= 4 is 55.3 Å². The second-order valence-electron chi connectivity index (χ2n) is 10.6. The molecule has 1 amide bonds. The van der Waals surface area contributed by atoms with Crippen LogP contribution in [0.15, 0.2) is 78.9 Å². The Morgan fingerprint density at radius 1 is 0.860 bits per heavy atom. The number of aliphatic carboxylic acids is 1. The Bertz CT molecular complexity index is 1540. The van der Waals surface area contributed by atoms with Crippen LogP contribution >= 0.6 is 0 Å². The maximum Gasteiger partial charge on any atom is 2.00 e. The van der Waals surface area contributed by atoms with Gasteiger partial charge in [-0.3, -0.25) is 9.59 Å². The molecule has 0 aliphatic carbocycles. The molecule has 0 spiro atoms. The molecule has 0 fully saturated rings. The van der Waals surface area contributed by atoms with E-state index >= 15 is 0 Å². The second kappa shape index (κ2) is 15.6. The molecule has 4 N–H and O–H groups in total. The van der Waals surface area contributed by atoms with Gasteiger partial charge in [-0.2, -0.15) is 0 Å². The van der Waals surface area contributed by atoms with Crippen molar-refractivity contribution in [2.24, 2.45) is 0 Å². The number of nitrogens with one attached hydrogen (secondary N) is 1. The number of para-hydroxylation sites is 1. The first-order valence-electron chi connectivity index (χ1n) is 13.8. The van der Waals surface area contributed by atoms with Crippen LogP contribution in [0.1, 0.15) is 57.9 Å². The maximum absolute atomic E-state index is 14.0. The van der Waals surface area contributed by atoms with Crippen LogP contribution in [-0.2, 0) is 11.3 Å². The van der Waals surface area contributed by atoms with E-state index in [2.05, 4.69) is 5.32 Å². The molecular formula is C33H36CaF2N2O5. The van der Waals surface area contributed by atoms with Gasteiger partial charge in [-0.05, 0) is 78.4 Å². The smallest absolute Gasteiger partial charge is 1.00 e. The molecule has 0 bridgehead atoms. The van der Waals surface area contributed by atoms with Gasteiger partial charge in [0.2, 0.25) is 0 Å². The van der Waals surface area contributed by atoms with Gasteiger partial charge in [0.1, 0.15) is 11.6 Å². The van der Waals surface area contributed by atoms with E-state index < -0.39 is 36.2 Å². The van der Waals surface area contributed by atoms with Crippen LogP contribution in [0.2, 0.25) is 0 Å². The molecule has 43 heavy (non-hydrogen) atoms. The Hall–Kier alpha value is -3.08. The van der Waals surface area contributed by atoms with Crippen molar-refractivity contribution in [2.45, 2.75) is 57.8 Å². The fourth-order valence-corrected chi connectivity index (χ4v) is 5.21. The van der Waals surface area contributed by atoms with Gasteiger partial charge in [-0.15, -0.1) is 0 Å². The van der Waals surface area contributed by atoms with Crippen molar-refractivity contribution in [1.82, 2.24) is 4.57 Å². The number of halogens is 2. The number of carbonyl (C=O) groups is 2. The fraction of sp³-hybridized carbons (Fsp3) is 0.273. The predicted molar refractivity (Wildman–Crippen MR) is 165 cm³/mol. The van der Waals surface area contributed by atoms with Gasteiger partial charge in [0, 0.05) is 23.5 Å². The van der Waals surface area contributed by atoms with E-state index in [1.807, 2.05) is 24.5 Å². The first-order valence-corrected chi connectivity index (χ1v) is 13.8. The van der Waals surface area contributed by atoms with Gasteiger partial charge in [0.05, 0.1) is 29.9 Å². The van der Waals surface area contributed by atoms with Crippen LogP contribution in [0.25, 0.3) is 22.4 Å². The van der Waals surface area contributed by atoms with Gasteiger partial charge >= 0.3 is 43.7 Å². The molecule has 2 atom stereocenters. The largest absolute Gasteiger partial charge is 2.00 e. The van der Waals surface area contributed by atoms with Crippen LogP contribution in [-0.4, -0.2) is 81.7 Å². The molecule has 4 rings (SSSR count). The minimum atomic E-state index is -1.22. The van der Waals surface area contributed by atoms with Gasteiger partial charge in [0.15, 0.2) is 0 Å². The average molecular weight is 619 g/mol. The number of amides is 1. The van der Waals surface area contributed by atoms with Gasteiger partial charge < -0.3 is 28.1 Å². The monoisotopic (exact) mass is 618 g/mol. The zero-order valence-electron chi connectivity index (χ0n) is 26.1. The average Bonchev–Trinajstić information content (AvgIpc) is 3.28. The zero-order valence-corrected chi connectivity index (χ0v) is 26.3. The van der Waals surface area contributed by atoms with Crippen molar-refractivity contribution < 1.29 is 36.5 Å². The van der Waals surface area contributed by atoms with Crippen LogP contribution in [0, 0.1) is 11.6 Å². The summed E-state index contributed by atoms with van der Waals surface area (Å²) in [6, 6.07) is 20.6. The van der Waals surface area contributed by atoms with Crippen molar-refractivity contribution in [3.8, 4) is 22.4 Å². The molecule has 0 saturated carbocycles. The molecule has 1 heterocycles. The standard InChI is InChI=1S/C33H34F2N2O5.Ca.2H/c1-20(2)31-30(33(42)36-25-6-4-3-5-7-25)29(21-8-12-23(34)13-9-21)32(22-10-14-24(35)15-11-22)37(31)17-16-26(38)18-27(39)19-28(40)41;;;/h3-15,20,26-27,38-39H,16-19H2,1-2H3,(H,36,42)(H,40,41);;;/q;+2;2*-1. The molecule has 224 valence electrons. The number of carboxylic acid groups (broad SMARTS) is 1. The first kappa shape index (κ1) is 34.4. The van der Waals surface area contributed by atoms with Crippen molar-refractivity contribution in [1.29, 1.82) is 0 Å². The SMILES string of the molecule is CC(C)c1c(C(=O)Nc2ccccc2)c(-c2ccc(F)cc2)c(-c2ccc(F)cc2)n1CCC(O)CC(O)CC(=O)O.[Ca+2].[H-].[H-].